The highest BCUT2D eigenvalue weighted by Gasteiger charge is 2.22. The molecule has 1 saturated heterocycles. The number of fused-ring (bicyclic) bond motifs is 1. The standard InChI is InChI=1S/C20H22N6O/c1-14-13-17(19(27)26-11-9-25(2)10-12-26)24-20(22-14)23-16-7-3-5-15-6-4-8-21-18(15)16/h3-8,13H,9-12H2,1-2H3,(H,22,23,24). The lowest BCUT2D eigenvalue weighted by Crippen LogP contribution is -2.47. The molecule has 0 aliphatic carbocycles. The number of nitrogens with one attached hydrogen (secondary N) is 1. The summed E-state index contributed by atoms with van der Waals surface area (Å²) in [5, 5.41) is 4.26. The maximum Gasteiger partial charge on any atom is 0.272 e. The molecule has 1 aliphatic heterocycles. The second-order valence-electron chi connectivity index (χ2n) is 6.82. The lowest BCUT2D eigenvalue weighted by atomic mass is 10.2. The van der Waals surface area contributed by atoms with Gasteiger partial charge in [0.05, 0.1) is 11.2 Å². The Morgan fingerprint density at radius 1 is 1.07 bits per heavy atom. The van der Waals surface area contributed by atoms with Gasteiger partial charge in [-0.1, -0.05) is 18.2 Å². The number of rotatable bonds is 3. The van der Waals surface area contributed by atoms with Crippen LogP contribution in [-0.2, 0) is 0 Å². The maximum absolute atomic E-state index is 12.9. The van der Waals surface area contributed by atoms with Gasteiger partial charge in [-0.2, -0.15) is 0 Å². The Kier molecular flexibility index (Phi) is 4.68. The molecule has 1 aromatic carbocycles. The second kappa shape index (κ2) is 7.28. The number of amides is 1. The van der Waals surface area contributed by atoms with Crippen LogP contribution in [0.4, 0.5) is 11.6 Å². The van der Waals surface area contributed by atoms with Crippen molar-refractivity contribution in [2.24, 2.45) is 0 Å². The zero-order chi connectivity index (χ0) is 18.8. The number of nitrogens with zero attached hydrogens (tertiary/aromatic N) is 5. The smallest absolute Gasteiger partial charge is 0.272 e. The predicted octanol–water partition coefficient (Wildman–Crippen LogP) is 2.46. The number of hydrogen-bond donors (Lipinski definition) is 1. The van der Waals surface area contributed by atoms with Crippen molar-refractivity contribution in [3.63, 3.8) is 0 Å². The molecule has 3 aromatic rings. The molecule has 0 unspecified atom stereocenters. The normalized spacial score (nSPS) is 15.1. The molecule has 0 saturated carbocycles. The SMILES string of the molecule is Cc1cc(C(=O)N2CCN(C)CC2)nc(Nc2cccc3cccnc23)n1. The Hall–Kier alpha value is -3.06. The molecule has 4 rings (SSSR count). The average Bonchev–Trinajstić information content (AvgIpc) is 2.68. The van der Waals surface area contributed by atoms with Gasteiger partial charge in [0, 0.05) is 43.5 Å². The Morgan fingerprint density at radius 3 is 2.67 bits per heavy atom. The molecular formula is C20H22N6O. The van der Waals surface area contributed by atoms with E-state index in [0.29, 0.717) is 24.7 Å². The number of para-hydroxylation sites is 1. The highest BCUT2D eigenvalue weighted by atomic mass is 16.2. The lowest BCUT2D eigenvalue weighted by Gasteiger charge is -2.32. The average molecular weight is 362 g/mol. The molecule has 27 heavy (non-hydrogen) atoms. The summed E-state index contributed by atoms with van der Waals surface area (Å²) in [6.45, 7) is 5.06. The number of benzene rings is 1. The van der Waals surface area contributed by atoms with Crippen molar-refractivity contribution in [2.75, 3.05) is 38.5 Å². The number of pyridine rings is 1. The Balaban J connectivity index is 1.61. The zero-order valence-corrected chi connectivity index (χ0v) is 15.5. The van der Waals surface area contributed by atoms with Crippen LogP contribution in [-0.4, -0.2) is 63.9 Å². The number of carbonyl (C=O) groups is 1. The van der Waals surface area contributed by atoms with Crippen molar-refractivity contribution in [1.29, 1.82) is 0 Å². The van der Waals surface area contributed by atoms with Crippen LogP contribution >= 0.6 is 0 Å². The van der Waals surface area contributed by atoms with E-state index in [4.69, 9.17) is 0 Å². The third-order valence-electron chi connectivity index (χ3n) is 4.74. The summed E-state index contributed by atoms with van der Waals surface area (Å²) in [4.78, 5) is 30.3. The van der Waals surface area contributed by atoms with Crippen LogP contribution in [0, 0.1) is 6.92 Å². The van der Waals surface area contributed by atoms with Gasteiger partial charge >= 0.3 is 0 Å². The summed E-state index contributed by atoms with van der Waals surface area (Å²) in [5.41, 5.74) is 2.83. The van der Waals surface area contributed by atoms with Gasteiger partial charge in [0.15, 0.2) is 0 Å². The van der Waals surface area contributed by atoms with E-state index in [2.05, 4.69) is 32.2 Å². The molecule has 7 nitrogen and oxygen atoms in total. The first-order valence-electron chi connectivity index (χ1n) is 9.04. The highest BCUT2D eigenvalue weighted by molar-refractivity contribution is 5.94. The molecule has 3 heterocycles. The minimum absolute atomic E-state index is 0.0484. The van der Waals surface area contributed by atoms with E-state index in [1.54, 1.807) is 12.3 Å². The zero-order valence-electron chi connectivity index (χ0n) is 15.5. The molecule has 0 spiro atoms. The van der Waals surface area contributed by atoms with Crippen molar-refractivity contribution >= 4 is 28.4 Å². The molecule has 2 aromatic heterocycles. The molecule has 138 valence electrons. The van der Waals surface area contributed by atoms with Crippen molar-refractivity contribution in [2.45, 2.75) is 6.92 Å². The van der Waals surface area contributed by atoms with Gasteiger partial charge in [0.25, 0.3) is 5.91 Å². The fourth-order valence-electron chi connectivity index (χ4n) is 3.23. The molecule has 1 fully saturated rings. The molecule has 0 radical (unpaired) electrons. The summed E-state index contributed by atoms with van der Waals surface area (Å²) in [6, 6.07) is 11.6. The summed E-state index contributed by atoms with van der Waals surface area (Å²) in [7, 11) is 2.07. The van der Waals surface area contributed by atoms with Gasteiger partial charge in [0.1, 0.15) is 5.69 Å². The number of likely N-dealkylation sites (N-methyl/N-ethyl adjacent to an activating group) is 1. The fourth-order valence-corrected chi connectivity index (χ4v) is 3.23. The number of piperazine rings is 1. The van der Waals surface area contributed by atoms with Gasteiger partial charge in [0.2, 0.25) is 5.95 Å². The van der Waals surface area contributed by atoms with Crippen molar-refractivity contribution in [3.05, 3.63) is 54.0 Å². The summed E-state index contributed by atoms with van der Waals surface area (Å²) >= 11 is 0. The van der Waals surface area contributed by atoms with Crippen LogP contribution in [0.1, 0.15) is 16.2 Å². The van der Waals surface area contributed by atoms with E-state index >= 15 is 0 Å². The molecule has 0 bridgehead atoms. The van der Waals surface area contributed by atoms with Crippen LogP contribution in [0.5, 0.6) is 0 Å². The monoisotopic (exact) mass is 362 g/mol. The number of aryl methyl sites for hydroxylation is 1. The van der Waals surface area contributed by atoms with E-state index in [9.17, 15) is 4.79 Å². The summed E-state index contributed by atoms with van der Waals surface area (Å²) in [6.07, 6.45) is 1.76. The second-order valence-corrected chi connectivity index (χ2v) is 6.82. The van der Waals surface area contributed by atoms with E-state index < -0.39 is 0 Å². The van der Waals surface area contributed by atoms with Crippen LogP contribution < -0.4 is 5.32 Å². The quantitative estimate of drug-likeness (QED) is 0.772. The highest BCUT2D eigenvalue weighted by Crippen LogP contribution is 2.23. The summed E-state index contributed by atoms with van der Waals surface area (Å²) < 4.78 is 0. The molecule has 0 atom stereocenters. The van der Waals surface area contributed by atoms with Gasteiger partial charge < -0.3 is 15.1 Å². The van der Waals surface area contributed by atoms with Gasteiger partial charge in [-0.15, -0.1) is 0 Å². The third kappa shape index (κ3) is 3.73. The van der Waals surface area contributed by atoms with Gasteiger partial charge in [-0.3, -0.25) is 9.78 Å². The van der Waals surface area contributed by atoms with E-state index in [1.165, 1.54) is 0 Å². The van der Waals surface area contributed by atoms with Crippen molar-refractivity contribution < 1.29 is 4.79 Å². The number of aromatic nitrogens is 3. The first-order valence-corrected chi connectivity index (χ1v) is 9.04. The van der Waals surface area contributed by atoms with Crippen LogP contribution in [0.25, 0.3) is 10.9 Å². The van der Waals surface area contributed by atoms with Crippen LogP contribution in [0.15, 0.2) is 42.6 Å². The van der Waals surface area contributed by atoms with Crippen LogP contribution in [0.2, 0.25) is 0 Å². The van der Waals surface area contributed by atoms with E-state index in [0.717, 1.165) is 35.4 Å². The number of carbonyl (C=O) groups excluding carboxylic acids is 1. The first kappa shape index (κ1) is 17.4. The maximum atomic E-state index is 12.9. The summed E-state index contributed by atoms with van der Waals surface area (Å²) in [5.74, 6) is 0.360. The van der Waals surface area contributed by atoms with E-state index in [1.807, 2.05) is 42.2 Å². The minimum atomic E-state index is -0.0484. The fraction of sp³-hybridized carbons (Fsp3) is 0.300. The Morgan fingerprint density at radius 2 is 1.85 bits per heavy atom. The topological polar surface area (TPSA) is 74.2 Å². The molecule has 1 amide bonds. The molecule has 1 N–H and O–H groups in total. The van der Waals surface area contributed by atoms with Crippen molar-refractivity contribution in [3.8, 4) is 0 Å². The number of hydrogen-bond acceptors (Lipinski definition) is 6. The lowest BCUT2D eigenvalue weighted by molar-refractivity contribution is 0.0658. The molecule has 7 heteroatoms. The number of anilines is 2. The predicted molar refractivity (Wildman–Crippen MR) is 105 cm³/mol. The Labute approximate surface area is 158 Å². The van der Waals surface area contributed by atoms with Crippen molar-refractivity contribution in [1.82, 2.24) is 24.8 Å². The molecule has 1 aliphatic rings. The largest absolute Gasteiger partial charge is 0.335 e. The van der Waals surface area contributed by atoms with E-state index in [-0.39, 0.29) is 5.91 Å². The molecular weight excluding hydrogens is 340 g/mol. The Bertz CT molecular complexity index is 976. The van der Waals surface area contributed by atoms with Gasteiger partial charge in [-0.25, -0.2) is 9.97 Å². The minimum Gasteiger partial charge on any atom is -0.335 e. The first-order chi connectivity index (χ1) is 13.1. The van der Waals surface area contributed by atoms with Crippen LogP contribution in [0.3, 0.4) is 0 Å². The third-order valence-corrected chi connectivity index (χ3v) is 4.74. The van der Waals surface area contributed by atoms with Gasteiger partial charge in [-0.05, 0) is 32.2 Å².